The predicted octanol–water partition coefficient (Wildman–Crippen LogP) is 6.94. The fraction of sp³-hybridized carbons (Fsp3) is 0.194. The molecule has 39 heavy (non-hydrogen) atoms. The number of ether oxygens (including phenoxy) is 1. The SMILES string of the molecule is CCOC(=O)C1C(C)=Nc2cc(-c3ccccc3)n(-c3ccccc3)c(=O)c2C1c1ccccc1C(F)(F)F. The maximum Gasteiger partial charge on any atom is 0.416 e. The molecule has 2 unspecified atom stereocenters. The highest BCUT2D eigenvalue weighted by molar-refractivity contribution is 6.05. The molecule has 2 heterocycles. The van der Waals surface area contributed by atoms with E-state index in [2.05, 4.69) is 4.99 Å². The van der Waals surface area contributed by atoms with E-state index in [-0.39, 0.29) is 29.1 Å². The van der Waals surface area contributed by atoms with E-state index in [1.165, 1.54) is 22.8 Å². The zero-order valence-electron chi connectivity index (χ0n) is 21.3. The van der Waals surface area contributed by atoms with Crippen molar-refractivity contribution in [2.75, 3.05) is 6.61 Å². The number of rotatable bonds is 5. The minimum Gasteiger partial charge on any atom is -0.465 e. The normalized spacial score (nSPS) is 16.8. The van der Waals surface area contributed by atoms with Crippen LogP contribution < -0.4 is 5.56 Å². The first-order valence-corrected chi connectivity index (χ1v) is 12.5. The average molecular weight is 531 g/mol. The van der Waals surface area contributed by atoms with Crippen LogP contribution in [0.4, 0.5) is 18.9 Å². The highest BCUT2D eigenvalue weighted by Crippen LogP contribution is 2.46. The number of esters is 1. The molecule has 0 N–H and O–H groups in total. The minimum absolute atomic E-state index is 0.0129. The lowest BCUT2D eigenvalue weighted by molar-refractivity contribution is -0.147. The van der Waals surface area contributed by atoms with E-state index in [9.17, 15) is 22.8 Å². The van der Waals surface area contributed by atoms with Gasteiger partial charge in [-0.1, -0.05) is 66.7 Å². The van der Waals surface area contributed by atoms with Crippen LogP contribution in [0.2, 0.25) is 0 Å². The van der Waals surface area contributed by atoms with Crippen LogP contribution in [0.5, 0.6) is 0 Å². The molecule has 0 saturated carbocycles. The van der Waals surface area contributed by atoms with E-state index >= 15 is 0 Å². The maximum atomic E-state index is 14.4. The minimum atomic E-state index is -4.71. The van der Waals surface area contributed by atoms with Crippen LogP contribution in [0.3, 0.4) is 0 Å². The molecular formula is C31H25F3N2O3. The second-order valence-electron chi connectivity index (χ2n) is 9.22. The van der Waals surface area contributed by atoms with Crippen molar-refractivity contribution in [2.45, 2.75) is 25.9 Å². The zero-order chi connectivity index (χ0) is 27.7. The fourth-order valence-electron chi connectivity index (χ4n) is 5.22. The van der Waals surface area contributed by atoms with Crippen molar-refractivity contribution in [2.24, 2.45) is 10.9 Å². The molecule has 2 atom stereocenters. The van der Waals surface area contributed by atoms with Gasteiger partial charge in [0, 0.05) is 17.3 Å². The van der Waals surface area contributed by atoms with E-state index in [4.69, 9.17) is 4.74 Å². The number of fused-ring (bicyclic) bond motifs is 1. The van der Waals surface area contributed by atoms with Gasteiger partial charge in [0.1, 0.15) is 5.92 Å². The van der Waals surface area contributed by atoms with Crippen molar-refractivity contribution >= 4 is 17.4 Å². The van der Waals surface area contributed by atoms with Gasteiger partial charge in [0.15, 0.2) is 0 Å². The Morgan fingerprint density at radius 2 is 1.56 bits per heavy atom. The topological polar surface area (TPSA) is 60.7 Å². The molecule has 0 fully saturated rings. The molecule has 1 aromatic heterocycles. The summed E-state index contributed by atoms with van der Waals surface area (Å²) in [6, 6.07) is 24.8. The van der Waals surface area contributed by atoms with Gasteiger partial charge in [0.05, 0.1) is 29.1 Å². The van der Waals surface area contributed by atoms with E-state index in [0.717, 1.165) is 11.6 Å². The third-order valence-electron chi connectivity index (χ3n) is 6.84. The number of aromatic nitrogens is 1. The van der Waals surface area contributed by atoms with Gasteiger partial charge in [0.2, 0.25) is 0 Å². The lowest BCUT2D eigenvalue weighted by Gasteiger charge is -2.33. The summed E-state index contributed by atoms with van der Waals surface area (Å²) in [6.45, 7) is 3.23. The molecule has 0 amide bonds. The number of aliphatic imine (C=N–C) groups is 1. The summed E-state index contributed by atoms with van der Waals surface area (Å²) >= 11 is 0. The Balaban J connectivity index is 1.89. The number of nitrogens with zero attached hydrogens (tertiary/aromatic N) is 2. The summed E-state index contributed by atoms with van der Waals surface area (Å²) in [4.78, 5) is 32.3. The van der Waals surface area contributed by atoms with Crippen molar-refractivity contribution in [1.29, 1.82) is 0 Å². The number of hydrogen-bond donors (Lipinski definition) is 0. The van der Waals surface area contributed by atoms with Gasteiger partial charge in [-0.05, 0) is 49.2 Å². The van der Waals surface area contributed by atoms with E-state index < -0.39 is 35.1 Å². The van der Waals surface area contributed by atoms with Gasteiger partial charge < -0.3 is 4.74 Å². The molecule has 0 bridgehead atoms. The van der Waals surface area contributed by atoms with Crippen molar-refractivity contribution in [3.8, 4) is 16.9 Å². The smallest absolute Gasteiger partial charge is 0.416 e. The number of para-hydroxylation sites is 1. The Kier molecular flexibility index (Phi) is 6.95. The molecule has 1 aliphatic rings. The predicted molar refractivity (Wildman–Crippen MR) is 144 cm³/mol. The van der Waals surface area contributed by atoms with Crippen LogP contribution in [-0.4, -0.2) is 22.9 Å². The molecule has 5 nitrogen and oxygen atoms in total. The number of carbonyl (C=O) groups excluding carboxylic acids is 1. The maximum absolute atomic E-state index is 14.4. The standard InChI is InChI=1S/C31H25F3N2O3/c1-3-39-30(38)26-19(2)35-24-18-25(20-12-6-4-7-13-20)36(21-14-8-5-9-15-21)29(37)28(24)27(26)22-16-10-11-17-23(22)31(32,33)34/h4-18,26-27H,3H2,1-2H3. The number of halogens is 3. The Bertz CT molecular complexity index is 1610. The lowest BCUT2D eigenvalue weighted by atomic mass is 9.74. The first-order valence-electron chi connectivity index (χ1n) is 12.5. The lowest BCUT2D eigenvalue weighted by Crippen LogP contribution is -2.38. The number of carbonyl (C=O) groups is 1. The summed E-state index contributed by atoms with van der Waals surface area (Å²) in [5.41, 5.74) is 0.665. The van der Waals surface area contributed by atoms with E-state index in [0.29, 0.717) is 11.4 Å². The number of alkyl halides is 3. The highest BCUT2D eigenvalue weighted by atomic mass is 19.4. The molecule has 1 aliphatic heterocycles. The largest absolute Gasteiger partial charge is 0.465 e. The molecule has 0 aliphatic carbocycles. The monoisotopic (exact) mass is 530 g/mol. The van der Waals surface area contributed by atoms with Crippen LogP contribution in [0.15, 0.2) is 101 Å². The van der Waals surface area contributed by atoms with E-state index in [1.54, 1.807) is 44.2 Å². The van der Waals surface area contributed by atoms with Crippen molar-refractivity contribution < 1.29 is 22.7 Å². The van der Waals surface area contributed by atoms with Crippen molar-refractivity contribution in [3.05, 3.63) is 118 Å². The Labute approximate surface area is 223 Å². The summed E-state index contributed by atoms with van der Waals surface area (Å²) < 4.78 is 49.5. The molecule has 0 spiro atoms. The quantitative estimate of drug-likeness (QED) is 0.263. The molecule has 3 aromatic carbocycles. The molecule has 5 rings (SSSR count). The molecule has 0 saturated heterocycles. The van der Waals surface area contributed by atoms with Crippen LogP contribution in [-0.2, 0) is 15.7 Å². The summed E-state index contributed by atoms with van der Waals surface area (Å²) in [7, 11) is 0. The van der Waals surface area contributed by atoms with Crippen molar-refractivity contribution in [3.63, 3.8) is 0 Å². The molecule has 0 radical (unpaired) electrons. The van der Waals surface area contributed by atoms with Crippen molar-refractivity contribution in [1.82, 2.24) is 4.57 Å². The van der Waals surface area contributed by atoms with Crippen LogP contribution in [0.25, 0.3) is 16.9 Å². The third-order valence-corrected chi connectivity index (χ3v) is 6.84. The highest BCUT2D eigenvalue weighted by Gasteiger charge is 2.45. The summed E-state index contributed by atoms with van der Waals surface area (Å²) in [6.07, 6.45) is -4.71. The van der Waals surface area contributed by atoms with Gasteiger partial charge in [-0.25, -0.2) is 0 Å². The fourth-order valence-corrected chi connectivity index (χ4v) is 5.22. The number of benzene rings is 3. The zero-order valence-corrected chi connectivity index (χ0v) is 21.3. The number of hydrogen-bond acceptors (Lipinski definition) is 4. The first kappa shape index (κ1) is 26.2. The van der Waals surface area contributed by atoms with Crippen LogP contribution >= 0.6 is 0 Å². The van der Waals surface area contributed by atoms with Gasteiger partial charge >= 0.3 is 12.1 Å². The Morgan fingerprint density at radius 1 is 0.949 bits per heavy atom. The Hall–Kier alpha value is -4.46. The average Bonchev–Trinajstić information content (AvgIpc) is 2.92. The van der Waals surface area contributed by atoms with Crippen LogP contribution in [0.1, 0.15) is 36.5 Å². The number of pyridine rings is 1. The summed E-state index contributed by atoms with van der Waals surface area (Å²) in [5.74, 6) is -3.20. The second-order valence-corrected chi connectivity index (χ2v) is 9.22. The summed E-state index contributed by atoms with van der Waals surface area (Å²) in [5, 5.41) is 0. The second kappa shape index (κ2) is 10.4. The Morgan fingerprint density at radius 3 is 2.21 bits per heavy atom. The first-order chi connectivity index (χ1) is 18.7. The molecule has 8 heteroatoms. The van der Waals surface area contributed by atoms with Gasteiger partial charge in [0.25, 0.3) is 5.56 Å². The van der Waals surface area contributed by atoms with Gasteiger partial charge in [-0.2, -0.15) is 13.2 Å². The van der Waals surface area contributed by atoms with Gasteiger partial charge in [-0.3, -0.25) is 19.1 Å². The molecular weight excluding hydrogens is 505 g/mol. The van der Waals surface area contributed by atoms with Crippen LogP contribution in [0, 0.1) is 5.92 Å². The molecule has 198 valence electrons. The van der Waals surface area contributed by atoms with Gasteiger partial charge in [-0.15, -0.1) is 0 Å². The third kappa shape index (κ3) is 4.78. The van der Waals surface area contributed by atoms with E-state index in [1.807, 2.05) is 36.4 Å². The molecule has 4 aromatic rings.